The van der Waals surface area contributed by atoms with Crippen LogP contribution in [-0.4, -0.2) is 10.9 Å². The summed E-state index contributed by atoms with van der Waals surface area (Å²) in [5.74, 6) is -0.336. The maximum absolute atomic E-state index is 11.1. The second-order valence-corrected chi connectivity index (χ2v) is 4.57. The molecule has 0 aromatic carbocycles. The van der Waals surface area contributed by atoms with Gasteiger partial charge in [-0.05, 0) is 13.8 Å². The molecule has 14 heavy (non-hydrogen) atoms. The second kappa shape index (κ2) is 4.57. The van der Waals surface area contributed by atoms with Crippen molar-refractivity contribution >= 4 is 28.8 Å². The average Bonchev–Trinajstić information content (AvgIpc) is 2.40. The van der Waals surface area contributed by atoms with Crippen molar-refractivity contribution in [1.82, 2.24) is 10.3 Å². The molecule has 1 N–H and O–H groups in total. The molecule has 0 aliphatic rings. The molecule has 76 valence electrons. The number of nitrogens with zero attached hydrogens (tertiary/aromatic N) is 1. The van der Waals surface area contributed by atoms with Gasteiger partial charge in [0.15, 0.2) is 0 Å². The van der Waals surface area contributed by atoms with Gasteiger partial charge in [0.1, 0.15) is 0 Å². The molecular formula is C9H11ClN2OS. The SMILES string of the molecule is C=C(Cl)C(=O)NCc1sc(C)nc1C. The minimum Gasteiger partial charge on any atom is -0.346 e. The molecule has 5 heteroatoms. The van der Waals surface area contributed by atoms with E-state index in [4.69, 9.17) is 11.6 Å². The first kappa shape index (κ1) is 11.2. The van der Waals surface area contributed by atoms with E-state index in [1.165, 1.54) is 0 Å². The van der Waals surface area contributed by atoms with Gasteiger partial charge in [-0.25, -0.2) is 4.98 Å². The predicted octanol–water partition coefficient (Wildman–Crippen LogP) is 2.13. The minimum atomic E-state index is -0.336. The van der Waals surface area contributed by atoms with Gasteiger partial charge in [0.25, 0.3) is 5.91 Å². The number of thiazole rings is 1. The molecular weight excluding hydrogens is 220 g/mol. The largest absolute Gasteiger partial charge is 0.346 e. The van der Waals surface area contributed by atoms with Crippen LogP contribution in [0.4, 0.5) is 0 Å². The number of carbonyl (C=O) groups is 1. The Kier molecular flexibility index (Phi) is 3.66. The summed E-state index contributed by atoms with van der Waals surface area (Å²) in [5, 5.41) is 3.65. The Morgan fingerprint density at radius 1 is 1.64 bits per heavy atom. The molecule has 0 saturated heterocycles. The third-order valence-electron chi connectivity index (χ3n) is 1.66. The van der Waals surface area contributed by atoms with Crippen LogP contribution in [0.1, 0.15) is 15.6 Å². The Morgan fingerprint density at radius 3 is 2.71 bits per heavy atom. The maximum atomic E-state index is 11.1. The third kappa shape index (κ3) is 2.82. The lowest BCUT2D eigenvalue weighted by Gasteiger charge is -2.01. The van der Waals surface area contributed by atoms with Gasteiger partial charge in [-0.15, -0.1) is 11.3 Å². The van der Waals surface area contributed by atoms with E-state index in [2.05, 4.69) is 16.9 Å². The Hall–Kier alpha value is -0.870. The van der Waals surface area contributed by atoms with Gasteiger partial charge in [0.05, 0.1) is 22.3 Å². The standard InChI is InChI=1S/C9H11ClN2OS/c1-5(10)9(13)11-4-8-6(2)12-7(3)14-8/h1,4H2,2-3H3,(H,11,13). The summed E-state index contributed by atoms with van der Waals surface area (Å²) in [7, 11) is 0. The summed E-state index contributed by atoms with van der Waals surface area (Å²) in [6.45, 7) is 7.65. The first-order valence-electron chi connectivity index (χ1n) is 4.06. The number of halogens is 1. The molecule has 1 rings (SSSR count). The Morgan fingerprint density at radius 2 is 2.29 bits per heavy atom. The van der Waals surface area contributed by atoms with Crippen LogP contribution in [0, 0.1) is 13.8 Å². The van der Waals surface area contributed by atoms with E-state index in [0.717, 1.165) is 15.6 Å². The monoisotopic (exact) mass is 230 g/mol. The zero-order valence-electron chi connectivity index (χ0n) is 8.06. The van der Waals surface area contributed by atoms with Crippen LogP contribution in [0.5, 0.6) is 0 Å². The second-order valence-electron chi connectivity index (χ2n) is 2.83. The quantitative estimate of drug-likeness (QED) is 0.809. The molecule has 0 bridgehead atoms. The lowest BCUT2D eigenvalue weighted by Crippen LogP contribution is -2.22. The lowest BCUT2D eigenvalue weighted by atomic mass is 10.4. The number of aryl methyl sites for hydroxylation is 2. The highest BCUT2D eigenvalue weighted by atomic mass is 35.5. The topological polar surface area (TPSA) is 42.0 Å². The zero-order chi connectivity index (χ0) is 10.7. The Bertz CT molecular complexity index is 373. The highest BCUT2D eigenvalue weighted by Gasteiger charge is 2.07. The fraction of sp³-hybridized carbons (Fsp3) is 0.333. The number of aromatic nitrogens is 1. The molecule has 1 heterocycles. The van der Waals surface area contributed by atoms with Crippen LogP contribution in [0.2, 0.25) is 0 Å². The summed E-state index contributed by atoms with van der Waals surface area (Å²) < 4.78 is 0. The van der Waals surface area contributed by atoms with Crippen LogP contribution in [0.25, 0.3) is 0 Å². The molecule has 0 aliphatic carbocycles. The van der Waals surface area contributed by atoms with Crippen LogP contribution >= 0.6 is 22.9 Å². The van der Waals surface area contributed by atoms with Crippen LogP contribution < -0.4 is 5.32 Å². The van der Waals surface area contributed by atoms with E-state index in [1.807, 2.05) is 13.8 Å². The van der Waals surface area contributed by atoms with Crippen molar-refractivity contribution in [3.63, 3.8) is 0 Å². The molecule has 1 amide bonds. The summed E-state index contributed by atoms with van der Waals surface area (Å²) in [4.78, 5) is 16.4. The van der Waals surface area contributed by atoms with Crippen molar-refractivity contribution < 1.29 is 4.79 Å². The fourth-order valence-corrected chi connectivity index (χ4v) is 1.94. The first-order chi connectivity index (χ1) is 6.50. The number of rotatable bonds is 3. The van der Waals surface area contributed by atoms with Gasteiger partial charge in [-0.2, -0.15) is 0 Å². The predicted molar refractivity (Wildman–Crippen MR) is 58.4 cm³/mol. The minimum absolute atomic E-state index is 0.00360. The molecule has 0 spiro atoms. The van der Waals surface area contributed by atoms with Crippen molar-refractivity contribution in [3.8, 4) is 0 Å². The fourth-order valence-electron chi connectivity index (χ4n) is 0.994. The van der Waals surface area contributed by atoms with Gasteiger partial charge < -0.3 is 5.32 Å². The molecule has 1 aromatic heterocycles. The molecule has 0 unspecified atom stereocenters. The number of carbonyl (C=O) groups excluding carboxylic acids is 1. The molecule has 0 fully saturated rings. The zero-order valence-corrected chi connectivity index (χ0v) is 9.63. The van der Waals surface area contributed by atoms with E-state index in [9.17, 15) is 4.79 Å². The molecule has 0 atom stereocenters. The number of hydrogen-bond donors (Lipinski definition) is 1. The van der Waals surface area contributed by atoms with Crippen molar-refractivity contribution in [2.75, 3.05) is 0 Å². The lowest BCUT2D eigenvalue weighted by molar-refractivity contribution is -0.117. The van der Waals surface area contributed by atoms with Gasteiger partial charge in [0.2, 0.25) is 0 Å². The van der Waals surface area contributed by atoms with E-state index in [-0.39, 0.29) is 10.9 Å². The summed E-state index contributed by atoms with van der Waals surface area (Å²) in [6.07, 6.45) is 0. The number of amides is 1. The van der Waals surface area contributed by atoms with Gasteiger partial charge in [-0.3, -0.25) is 4.79 Å². The van der Waals surface area contributed by atoms with Gasteiger partial charge in [0, 0.05) is 4.88 Å². The first-order valence-corrected chi connectivity index (χ1v) is 5.25. The Labute approximate surface area is 91.8 Å². The molecule has 0 saturated carbocycles. The summed E-state index contributed by atoms with van der Waals surface area (Å²) in [6, 6.07) is 0. The summed E-state index contributed by atoms with van der Waals surface area (Å²) >= 11 is 6.99. The van der Waals surface area contributed by atoms with Crippen LogP contribution in [0.15, 0.2) is 11.6 Å². The van der Waals surface area contributed by atoms with E-state index < -0.39 is 0 Å². The van der Waals surface area contributed by atoms with E-state index in [0.29, 0.717) is 6.54 Å². The smallest absolute Gasteiger partial charge is 0.262 e. The van der Waals surface area contributed by atoms with Crippen molar-refractivity contribution in [1.29, 1.82) is 0 Å². The average molecular weight is 231 g/mol. The van der Waals surface area contributed by atoms with Crippen molar-refractivity contribution in [2.24, 2.45) is 0 Å². The van der Waals surface area contributed by atoms with Crippen LogP contribution in [-0.2, 0) is 11.3 Å². The number of nitrogens with one attached hydrogen (secondary N) is 1. The highest BCUT2D eigenvalue weighted by Crippen LogP contribution is 2.16. The molecule has 0 radical (unpaired) electrons. The Balaban J connectivity index is 2.58. The van der Waals surface area contributed by atoms with Gasteiger partial charge >= 0.3 is 0 Å². The third-order valence-corrected chi connectivity index (χ3v) is 2.90. The normalized spacial score (nSPS) is 9.93. The van der Waals surface area contributed by atoms with E-state index >= 15 is 0 Å². The molecule has 1 aromatic rings. The van der Waals surface area contributed by atoms with Crippen molar-refractivity contribution in [3.05, 3.63) is 27.2 Å². The highest BCUT2D eigenvalue weighted by molar-refractivity contribution is 7.11. The van der Waals surface area contributed by atoms with Crippen molar-refractivity contribution in [2.45, 2.75) is 20.4 Å². The summed E-state index contributed by atoms with van der Waals surface area (Å²) in [5.41, 5.74) is 0.952. The maximum Gasteiger partial charge on any atom is 0.262 e. The molecule has 3 nitrogen and oxygen atoms in total. The van der Waals surface area contributed by atoms with Gasteiger partial charge in [-0.1, -0.05) is 18.2 Å². The van der Waals surface area contributed by atoms with E-state index in [1.54, 1.807) is 11.3 Å². The molecule has 0 aliphatic heterocycles. The van der Waals surface area contributed by atoms with Crippen LogP contribution in [0.3, 0.4) is 0 Å². The number of hydrogen-bond acceptors (Lipinski definition) is 3.